The Kier molecular flexibility index (Phi) is 3.73. The standard InChI is InChI=1S/C18H17NO2/c1-21-17-7-3-2-6-16(17)14-9-11-15(12-10-14)19-13-5-4-8-18(19)20/h2-4,6-12H,5,13H2,1H3. The van der Waals surface area contributed by atoms with Gasteiger partial charge in [0.1, 0.15) is 5.75 Å². The Labute approximate surface area is 124 Å². The predicted octanol–water partition coefficient (Wildman–Crippen LogP) is 3.66. The van der Waals surface area contributed by atoms with Gasteiger partial charge in [0.25, 0.3) is 5.91 Å². The second kappa shape index (κ2) is 5.83. The van der Waals surface area contributed by atoms with Crippen LogP contribution in [-0.2, 0) is 4.79 Å². The number of amides is 1. The molecule has 1 aliphatic heterocycles. The minimum absolute atomic E-state index is 0.0475. The molecule has 1 aliphatic rings. The molecule has 0 atom stereocenters. The van der Waals surface area contributed by atoms with Crippen molar-refractivity contribution in [1.82, 2.24) is 0 Å². The molecule has 0 unspecified atom stereocenters. The number of hydrogen-bond acceptors (Lipinski definition) is 2. The summed E-state index contributed by atoms with van der Waals surface area (Å²) in [6.45, 7) is 0.739. The van der Waals surface area contributed by atoms with E-state index < -0.39 is 0 Å². The molecular weight excluding hydrogens is 262 g/mol. The number of methoxy groups -OCH3 is 1. The Balaban J connectivity index is 1.91. The monoisotopic (exact) mass is 279 g/mol. The van der Waals surface area contributed by atoms with Crippen LogP contribution in [0.4, 0.5) is 5.69 Å². The van der Waals surface area contributed by atoms with Crippen molar-refractivity contribution in [1.29, 1.82) is 0 Å². The molecular formula is C18H17NO2. The molecule has 0 saturated carbocycles. The van der Waals surface area contributed by atoms with Gasteiger partial charge in [0.05, 0.1) is 7.11 Å². The van der Waals surface area contributed by atoms with Crippen LogP contribution >= 0.6 is 0 Å². The summed E-state index contributed by atoms with van der Waals surface area (Å²) >= 11 is 0. The van der Waals surface area contributed by atoms with E-state index in [0.29, 0.717) is 0 Å². The minimum atomic E-state index is 0.0475. The molecule has 0 aromatic heterocycles. The molecule has 0 radical (unpaired) electrons. The van der Waals surface area contributed by atoms with Crippen LogP contribution in [0, 0.1) is 0 Å². The lowest BCUT2D eigenvalue weighted by Crippen LogP contribution is -2.32. The maximum absolute atomic E-state index is 11.9. The molecule has 0 aliphatic carbocycles. The zero-order valence-corrected chi connectivity index (χ0v) is 12.0. The van der Waals surface area contributed by atoms with Gasteiger partial charge in [0.2, 0.25) is 0 Å². The van der Waals surface area contributed by atoms with Gasteiger partial charge in [0, 0.05) is 17.8 Å². The van der Waals surface area contributed by atoms with Crippen LogP contribution in [-0.4, -0.2) is 19.6 Å². The van der Waals surface area contributed by atoms with Crippen molar-refractivity contribution >= 4 is 11.6 Å². The Bertz CT molecular complexity index is 674. The maximum Gasteiger partial charge on any atom is 0.250 e. The number of hydrogen-bond donors (Lipinski definition) is 0. The molecule has 106 valence electrons. The van der Waals surface area contributed by atoms with E-state index in [4.69, 9.17) is 4.74 Å². The van der Waals surface area contributed by atoms with E-state index in [9.17, 15) is 4.79 Å². The van der Waals surface area contributed by atoms with E-state index in [1.165, 1.54) is 0 Å². The maximum atomic E-state index is 11.9. The first kappa shape index (κ1) is 13.4. The fourth-order valence-electron chi connectivity index (χ4n) is 2.55. The normalized spacial score (nSPS) is 14.3. The average Bonchev–Trinajstić information content (AvgIpc) is 2.55. The van der Waals surface area contributed by atoms with Gasteiger partial charge < -0.3 is 9.64 Å². The van der Waals surface area contributed by atoms with Crippen LogP contribution in [0.25, 0.3) is 11.1 Å². The van der Waals surface area contributed by atoms with Crippen molar-refractivity contribution in [2.75, 3.05) is 18.6 Å². The summed E-state index contributed by atoms with van der Waals surface area (Å²) in [7, 11) is 1.67. The van der Waals surface area contributed by atoms with Crippen molar-refractivity contribution in [2.45, 2.75) is 6.42 Å². The number of rotatable bonds is 3. The van der Waals surface area contributed by atoms with Crippen molar-refractivity contribution in [3.05, 3.63) is 60.7 Å². The van der Waals surface area contributed by atoms with Gasteiger partial charge in [-0.2, -0.15) is 0 Å². The lowest BCUT2D eigenvalue weighted by Gasteiger charge is -2.23. The number of carbonyl (C=O) groups is 1. The molecule has 3 heteroatoms. The summed E-state index contributed by atoms with van der Waals surface area (Å²) in [5.74, 6) is 0.897. The Morgan fingerprint density at radius 2 is 1.81 bits per heavy atom. The summed E-state index contributed by atoms with van der Waals surface area (Å²) in [6, 6.07) is 15.9. The molecule has 2 aromatic carbocycles. The molecule has 0 spiro atoms. The lowest BCUT2D eigenvalue weighted by atomic mass is 10.0. The van der Waals surface area contributed by atoms with Gasteiger partial charge in [-0.25, -0.2) is 0 Å². The summed E-state index contributed by atoms with van der Waals surface area (Å²) in [6.07, 6.45) is 4.46. The summed E-state index contributed by atoms with van der Waals surface area (Å²) in [4.78, 5) is 13.7. The number of para-hydroxylation sites is 1. The second-order valence-corrected chi connectivity index (χ2v) is 4.93. The largest absolute Gasteiger partial charge is 0.496 e. The number of ether oxygens (including phenoxy) is 1. The SMILES string of the molecule is COc1ccccc1-c1ccc(N2CCC=CC2=O)cc1. The third-order valence-corrected chi connectivity index (χ3v) is 3.64. The lowest BCUT2D eigenvalue weighted by molar-refractivity contribution is -0.114. The van der Waals surface area contributed by atoms with Crippen LogP contribution in [0.1, 0.15) is 6.42 Å². The van der Waals surface area contributed by atoms with Crippen LogP contribution in [0.5, 0.6) is 5.75 Å². The molecule has 21 heavy (non-hydrogen) atoms. The zero-order valence-electron chi connectivity index (χ0n) is 12.0. The van der Waals surface area contributed by atoms with E-state index in [0.717, 1.165) is 35.5 Å². The molecule has 0 bridgehead atoms. The Morgan fingerprint density at radius 1 is 1.05 bits per heavy atom. The quantitative estimate of drug-likeness (QED) is 0.858. The molecule has 1 heterocycles. The molecule has 3 rings (SSSR count). The van der Waals surface area contributed by atoms with Gasteiger partial charge in [-0.1, -0.05) is 36.4 Å². The van der Waals surface area contributed by atoms with E-state index >= 15 is 0 Å². The minimum Gasteiger partial charge on any atom is -0.496 e. The van der Waals surface area contributed by atoms with Crippen LogP contribution in [0.15, 0.2) is 60.7 Å². The van der Waals surface area contributed by atoms with Crippen molar-refractivity contribution in [3.63, 3.8) is 0 Å². The third-order valence-electron chi connectivity index (χ3n) is 3.64. The topological polar surface area (TPSA) is 29.5 Å². The van der Waals surface area contributed by atoms with Gasteiger partial charge in [-0.3, -0.25) is 4.79 Å². The highest BCUT2D eigenvalue weighted by molar-refractivity contribution is 6.02. The van der Waals surface area contributed by atoms with E-state index in [2.05, 4.69) is 0 Å². The van der Waals surface area contributed by atoms with Crippen LogP contribution in [0.2, 0.25) is 0 Å². The average molecular weight is 279 g/mol. The number of carbonyl (C=O) groups excluding carboxylic acids is 1. The van der Waals surface area contributed by atoms with Crippen LogP contribution < -0.4 is 9.64 Å². The van der Waals surface area contributed by atoms with Crippen molar-refractivity contribution in [3.8, 4) is 16.9 Å². The molecule has 0 saturated heterocycles. The Morgan fingerprint density at radius 3 is 2.52 bits per heavy atom. The summed E-state index contributed by atoms with van der Waals surface area (Å²) < 4.78 is 5.39. The second-order valence-electron chi connectivity index (χ2n) is 4.93. The van der Waals surface area contributed by atoms with E-state index in [-0.39, 0.29) is 5.91 Å². The zero-order chi connectivity index (χ0) is 14.7. The first-order valence-electron chi connectivity index (χ1n) is 7.01. The predicted molar refractivity (Wildman–Crippen MR) is 84.5 cm³/mol. The summed E-state index contributed by atoms with van der Waals surface area (Å²) in [5, 5.41) is 0. The fraction of sp³-hybridized carbons (Fsp3) is 0.167. The van der Waals surface area contributed by atoms with Gasteiger partial charge in [-0.15, -0.1) is 0 Å². The number of nitrogens with zero attached hydrogens (tertiary/aromatic N) is 1. The van der Waals surface area contributed by atoms with Crippen LogP contribution in [0.3, 0.4) is 0 Å². The van der Waals surface area contributed by atoms with Gasteiger partial charge >= 0.3 is 0 Å². The first-order valence-corrected chi connectivity index (χ1v) is 7.01. The highest BCUT2D eigenvalue weighted by atomic mass is 16.5. The fourth-order valence-corrected chi connectivity index (χ4v) is 2.55. The number of benzene rings is 2. The smallest absolute Gasteiger partial charge is 0.250 e. The molecule has 1 amide bonds. The van der Waals surface area contributed by atoms with Crippen molar-refractivity contribution < 1.29 is 9.53 Å². The highest BCUT2D eigenvalue weighted by Gasteiger charge is 2.15. The Hall–Kier alpha value is -2.55. The third kappa shape index (κ3) is 2.68. The molecule has 0 N–H and O–H groups in total. The highest BCUT2D eigenvalue weighted by Crippen LogP contribution is 2.31. The molecule has 3 nitrogen and oxygen atoms in total. The number of anilines is 1. The van der Waals surface area contributed by atoms with Gasteiger partial charge in [-0.05, 0) is 36.3 Å². The van der Waals surface area contributed by atoms with Gasteiger partial charge in [0.15, 0.2) is 0 Å². The first-order chi connectivity index (χ1) is 10.3. The molecule has 2 aromatic rings. The molecule has 0 fully saturated rings. The van der Waals surface area contributed by atoms with E-state index in [1.807, 2.05) is 54.6 Å². The summed E-state index contributed by atoms with van der Waals surface area (Å²) in [5.41, 5.74) is 3.07. The van der Waals surface area contributed by atoms with Crippen molar-refractivity contribution in [2.24, 2.45) is 0 Å². The van der Waals surface area contributed by atoms with E-state index in [1.54, 1.807) is 18.1 Å².